The van der Waals surface area contributed by atoms with Gasteiger partial charge in [0.05, 0.1) is 19.8 Å². The van der Waals surface area contributed by atoms with Crippen LogP contribution in [0.1, 0.15) is 6.92 Å². The van der Waals surface area contributed by atoms with Gasteiger partial charge >= 0.3 is 6.01 Å². The highest BCUT2D eigenvalue weighted by Crippen LogP contribution is 2.13. The van der Waals surface area contributed by atoms with Crippen LogP contribution in [0.15, 0.2) is 0 Å². The molecule has 0 saturated carbocycles. The zero-order chi connectivity index (χ0) is 11.4. The SMILES string of the molecule is COc1nc(N)nc(N(C)C(C)CO)n1. The zero-order valence-electron chi connectivity index (χ0n) is 9.01. The highest BCUT2D eigenvalue weighted by molar-refractivity contribution is 5.35. The van der Waals surface area contributed by atoms with Crippen molar-refractivity contribution in [3.8, 4) is 6.01 Å². The third-order valence-corrected chi connectivity index (χ3v) is 2.04. The molecule has 0 spiro atoms. The molecule has 84 valence electrons. The Labute approximate surface area is 87.9 Å². The maximum Gasteiger partial charge on any atom is 0.322 e. The van der Waals surface area contributed by atoms with Crippen LogP contribution >= 0.6 is 0 Å². The fourth-order valence-corrected chi connectivity index (χ4v) is 0.930. The number of nitrogens with zero attached hydrogens (tertiary/aromatic N) is 4. The van der Waals surface area contributed by atoms with Gasteiger partial charge in [-0.2, -0.15) is 15.0 Å². The van der Waals surface area contributed by atoms with Crippen LogP contribution in [0.2, 0.25) is 0 Å². The Bertz CT molecular complexity index is 333. The number of nitrogen functional groups attached to an aromatic ring is 1. The van der Waals surface area contributed by atoms with Gasteiger partial charge in [-0.15, -0.1) is 0 Å². The predicted octanol–water partition coefficient (Wildman–Crippen LogP) is -0.721. The average Bonchev–Trinajstić information content (AvgIpc) is 2.26. The Balaban J connectivity index is 2.97. The van der Waals surface area contributed by atoms with Crippen molar-refractivity contribution >= 4 is 11.9 Å². The molecule has 0 aliphatic rings. The van der Waals surface area contributed by atoms with Crippen molar-refractivity contribution in [3.63, 3.8) is 0 Å². The molecule has 0 aliphatic carbocycles. The van der Waals surface area contributed by atoms with Crippen molar-refractivity contribution < 1.29 is 9.84 Å². The minimum atomic E-state index is -0.100. The first-order valence-corrected chi connectivity index (χ1v) is 4.47. The molecular formula is C8H15N5O2. The summed E-state index contributed by atoms with van der Waals surface area (Å²) >= 11 is 0. The molecule has 1 heterocycles. The van der Waals surface area contributed by atoms with E-state index in [2.05, 4.69) is 15.0 Å². The zero-order valence-corrected chi connectivity index (χ0v) is 9.01. The minimum absolute atomic E-state index is 0.00437. The van der Waals surface area contributed by atoms with E-state index in [0.29, 0.717) is 5.95 Å². The summed E-state index contributed by atoms with van der Waals surface area (Å²) in [5.74, 6) is 0.467. The van der Waals surface area contributed by atoms with Crippen molar-refractivity contribution in [1.82, 2.24) is 15.0 Å². The van der Waals surface area contributed by atoms with E-state index >= 15 is 0 Å². The van der Waals surface area contributed by atoms with Gasteiger partial charge in [-0.3, -0.25) is 0 Å². The van der Waals surface area contributed by atoms with Crippen LogP contribution in [0.25, 0.3) is 0 Å². The van der Waals surface area contributed by atoms with E-state index in [1.165, 1.54) is 7.11 Å². The number of likely N-dealkylation sites (N-methyl/N-ethyl adjacent to an activating group) is 1. The topological polar surface area (TPSA) is 97.4 Å². The van der Waals surface area contributed by atoms with Gasteiger partial charge in [0, 0.05) is 7.05 Å². The fourth-order valence-electron chi connectivity index (χ4n) is 0.930. The average molecular weight is 213 g/mol. The number of aliphatic hydroxyl groups is 1. The monoisotopic (exact) mass is 213 g/mol. The summed E-state index contributed by atoms with van der Waals surface area (Å²) in [6.07, 6.45) is 0. The molecular weight excluding hydrogens is 198 g/mol. The molecule has 1 atom stereocenters. The second-order valence-corrected chi connectivity index (χ2v) is 3.12. The van der Waals surface area contributed by atoms with E-state index in [1.807, 2.05) is 6.92 Å². The summed E-state index contributed by atoms with van der Waals surface area (Å²) in [5.41, 5.74) is 5.48. The highest BCUT2D eigenvalue weighted by Gasteiger charge is 2.13. The van der Waals surface area contributed by atoms with Crippen LogP contribution in [-0.2, 0) is 0 Å². The third-order valence-electron chi connectivity index (χ3n) is 2.04. The molecule has 7 nitrogen and oxygen atoms in total. The summed E-state index contributed by atoms with van der Waals surface area (Å²) < 4.78 is 4.87. The number of anilines is 2. The standard InChI is InChI=1S/C8H15N5O2/c1-5(4-14)13(2)7-10-6(9)11-8(12-7)15-3/h5,14H,4H2,1-3H3,(H2,9,10,11,12). The highest BCUT2D eigenvalue weighted by atomic mass is 16.5. The Kier molecular flexibility index (Phi) is 3.62. The number of hydrogen-bond donors (Lipinski definition) is 2. The molecule has 0 saturated heterocycles. The van der Waals surface area contributed by atoms with Crippen LogP contribution in [0.3, 0.4) is 0 Å². The maximum atomic E-state index is 8.99. The molecule has 0 amide bonds. The second kappa shape index (κ2) is 4.74. The van der Waals surface area contributed by atoms with Crippen LogP contribution < -0.4 is 15.4 Å². The molecule has 0 aliphatic heterocycles. The largest absolute Gasteiger partial charge is 0.467 e. The lowest BCUT2D eigenvalue weighted by Gasteiger charge is -2.22. The first-order chi connectivity index (χ1) is 7.08. The molecule has 1 aromatic rings. The number of methoxy groups -OCH3 is 1. The first kappa shape index (κ1) is 11.4. The molecule has 1 unspecified atom stereocenters. The van der Waals surface area contributed by atoms with E-state index in [4.69, 9.17) is 15.6 Å². The van der Waals surface area contributed by atoms with Gasteiger partial charge in [-0.25, -0.2) is 0 Å². The van der Waals surface area contributed by atoms with Gasteiger partial charge in [-0.1, -0.05) is 0 Å². The van der Waals surface area contributed by atoms with Crippen molar-refractivity contribution in [2.75, 3.05) is 31.4 Å². The van der Waals surface area contributed by atoms with Crippen molar-refractivity contribution in [2.24, 2.45) is 0 Å². The number of aliphatic hydroxyl groups excluding tert-OH is 1. The molecule has 0 fully saturated rings. The lowest BCUT2D eigenvalue weighted by Crippen LogP contribution is -2.33. The summed E-state index contributed by atoms with van der Waals surface area (Å²) in [5, 5.41) is 8.99. The van der Waals surface area contributed by atoms with Crippen molar-refractivity contribution in [1.29, 1.82) is 0 Å². The van der Waals surface area contributed by atoms with E-state index in [-0.39, 0.29) is 24.6 Å². The number of hydrogen-bond acceptors (Lipinski definition) is 7. The Morgan fingerprint density at radius 3 is 2.67 bits per heavy atom. The van der Waals surface area contributed by atoms with Crippen LogP contribution in [0.4, 0.5) is 11.9 Å². The van der Waals surface area contributed by atoms with E-state index in [0.717, 1.165) is 0 Å². The summed E-state index contributed by atoms with van der Waals surface area (Å²) in [6, 6.07) is 0.0611. The molecule has 1 aromatic heterocycles. The van der Waals surface area contributed by atoms with Crippen molar-refractivity contribution in [2.45, 2.75) is 13.0 Å². The smallest absolute Gasteiger partial charge is 0.322 e. The lowest BCUT2D eigenvalue weighted by atomic mass is 10.3. The molecule has 3 N–H and O–H groups in total. The van der Waals surface area contributed by atoms with Gasteiger partial charge < -0.3 is 20.5 Å². The van der Waals surface area contributed by atoms with E-state index in [9.17, 15) is 0 Å². The molecule has 0 bridgehead atoms. The van der Waals surface area contributed by atoms with Crippen LogP contribution in [0.5, 0.6) is 6.01 Å². The lowest BCUT2D eigenvalue weighted by molar-refractivity contribution is 0.269. The van der Waals surface area contributed by atoms with Gasteiger partial charge in [0.15, 0.2) is 0 Å². The number of ether oxygens (including phenoxy) is 1. The summed E-state index contributed by atoms with van der Waals surface area (Å²) in [7, 11) is 3.21. The Morgan fingerprint density at radius 1 is 1.47 bits per heavy atom. The molecule has 0 radical (unpaired) electrons. The van der Waals surface area contributed by atoms with Crippen LogP contribution in [-0.4, -0.2) is 46.9 Å². The molecule has 1 rings (SSSR count). The molecule has 0 aromatic carbocycles. The summed E-state index contributed by atoms with van der Waals surface area (Å²) in [4.78, 5) is 13.4. The predicted molar refractivity (Wildman–Crippen MR) is 55.7 cm³/mol. The van der Waals surface area contributed by atoms with E-state index < -0.39 is 0 Å². The number of rotatable bonds is 4. The Hall–Kier alpha value is -1.63. The fraction of sp³-hybridized carbons (Fsp3) is 0.625. The Morgan fingerprint density at radius 2 is 2.13 bits per heavy atom. The minimum Gasteiger partial charge on any atom is -0.467 e. The maximum absolute atomic E-state index is 8.99. The van der Waals surface area contributed by atoms with Crippen LogP contribution in [0, 0.1) is 0 Å². The second-order valence-electron chi connectivity index (χ2n) is 3.12. The quantitative estimate of drug-likeness (QED) is 0.681. The van der Waals surface area contributed by atoms with Crippen molar-refractivity contribution in [3.05, 3.63) is 0 Å². The number of aromatic nitrogens is 3. The molecule has 15 heavy (non-hydrogen) atoms. The summed E-state index contributed by atoms with van der Waals surface area (Å²) in [6.45, 7) is 1.84. The normalized spacial score (nSPS) is 12.3. The first-order valence-electron chi connectivity index (χ1n) is 4.47. The van der Waals surface area contributed by atoms with Gasteiger partial charge in [-0.05, 0) is 6.92 Å². The van der Waals surface area contributed by atoms with Gasteiger partial charge in [0.25, 0.3) is 0 Å². The van der Waals surface area contributed by atoms with Gasteiger partial charge in [0.2, 0.25) is 11.9 Å². The molecule has 7 heteroatoms. The number of nitrogens with two attached hydrogens (primary N) is 1. The third kappa shape index (κ3) is 2.66. The van der Waals surface area contributed by atoms with Gasteiger partial charge in [0.1, 0.15) is 0 Å². The van der Waals surface area contributed by atoms with E-state index in [1.54, 1.807) is 11.9 Å².